The Kier molecular flexibility index (Phi) is 4.74. The summed E-state index contributed by atoms with van der Waals surface area (Å²) in [4.78, 5) is 32.9. The maximum Gasteiger partial charge on any atom is 0.296 e. The zero-order valence-corrected chi connectivity index (χ0v) is 18.7. The van der Waals surface area contributed by atoms with Crippen molar-refractivity contribution in [2.24, 2.45) is 0 Å². The molecular formula is C24H17BrN2O5. The Morgan fingerprint density at radius 3 is 2.69 bits per heavy atom. The van der Waals surface area contributed by atoms with Gasteiger partial charge in [-0.3, -0.25) is 14.5 Å². The normalized spacial score (nSPS) is 15.3. The lowest BCUT2D eigenvalue weighted by atomic mass is 9.97. The van der Waals surface area contributed by atoms with Crippen LogP contribution < -0.4 is 15.1 Å². The van der Waals surface area contributed by atoms with Crippen LogP contribution in [0.15, 0.2) is 68.4 Å². The Bertz CT molecular complexity index is 1450. The molecule has 0 saturated carbocycles. The quantitative estimate of drug-likeness (QED) is 0.444. The Hall–Kier alpha value is -3.65. The van der Waals surface area contributed by atoms with Crippen LogP contribution in [-0.4, -0.2) is 23.1 Å². The molecule has 1 N–H and O–H groups in total. The molecule has 0 radical (unpaired) electrons. The highest BCUT2D eigenvalue weighted by molar-refractivity contribution is 9.10. The number of phenolic OH excluding ortho intramolecular Hbond substituents is 1. The average molecular weight is 493 g/mol. The Labute approximate surface area is 191 Å². The molecule has 2 aromatic carbocycles. The molecule has 1 aliphatic heterocycles. The van der Waals surface area contributed by atoms with Gasteiger partial charge in [-0.1, -0.05) is 17.7 Å². The van der Waals surface area contributed by atoms with Crippen molar-refractivity contribution >= 4 is 38.6 Å². The fourth-order valence-corrected chi connectivity index (χ4v) is 4.50. The van der Waals surface area contributed by atoms with Crippen molar-refractivity contribution in [3.8, 4) is 11.5 Å². The van der Waals surface area contributed by atoms with E-state index in [4.69, 9.17) is 9.15 Å². The molecule has 2 aromatic heterocycles. The van der Waals surface area contributed by atoms with E-state index in [1.54, 1.807) is 48.7 Å². The Morgan fingerprint density at radius 1 is 1.16 bits per heavy atom. The number of hydrogen-bond acceptors (Lipinski definition) is 6. The molecule has 160 valence electrons. The highest BCUT2D eigenvalue weighted by Crippen LogP contribution is 2.44. The van der Waals surface area contributed by atoms with E-state index in [0.29, 0.717) is 26.8 Å². The number of phenols is 1. The second-order valence-electron chi connectivity index (χ2n) is 7.49. The number of nitrogens with zero attached hydrogens (tertiary/aromatic N) is 2. The van der Waals surface area contributed by atoms with E-state index in [1.807, 2.05) is 13.0 Å². The average Bonchev–Trinajstić information content (AvgIpc) is 3.09. The standard InChI is InChI=1S/C24H17BrN2O5/c1-12-6-7-16-14(9-12)21(28)19-20(13-10-15(25)22(29)17(11-13)31-2)27(24(30)23(19)32-16)18-5-3-4-8-26-18/h3-11,20,29H,1-2H3. The van der Waals surface area contributed by atoms with Gasteiger partial charge in [0, 0.05) is 6.20 Å². The molecule has 1 amide bonds. The monoisotopic (exact) mass is 492 g/mol. The van der Waals surface area contributed by atoms with Crippen molar-refractivity contribution in [1.82, 2.24) is 4.98 Å². The number of anilines is 1. The molecule has 3 heterocycles. The summed E-state index contributed by atoms with van der Waals surface area (Å²) >= 11 is 3.33. The molecule has 7 nitrogen and oxygen atoms in total. The van der Waals surface area contributed by atoms with Crippen LogP contribution in [0.4, 0.5) is 5.82 Å². The number of hydrogen-bond donors (Lipinski definition) is 1. The van der Waals surface area contributed by atoms with Gasteiger partial charge < -0.3 is 14.3 Å². The van der Waals surface area contributed by atoms with Crippen molar-refractivity contribution in [3.05, 3.63) is 91.9 Å². The number of amides is 1. The summed E-state index contributed by atoms with van der Waals surface area (Å²) in [6, 6.07) is 12.9. The number of methoxy groups -OCH3 is 1. The zero-order chi connectivity index (χ0) is 22.6. The number of ether oxygens (including phenoxy) is 1. The molecule has 1 atom stereocenters. The van der Waals surface area contributed by atoms with Gasteiger partial charge in [0.05, 0.1) is 28.6 Å². The highest BCUT2D eigenvalue weighted by Gasteiger charge is 2.44. The molecule has 0 fully saturated rings. The van der Waals surface area contributed by atoms with Crippen LogP contribution in [0.1, 0.15) is 33.3 Å². The van der Waals surface area contributed by atoms with Gasteiger partial charge in [-0.15, -0.1) is 0 Å². The first-order valence-corrected chi connectivity index (χ1v) is 10.6. The second kappa shape index (κ2) is 7.49. The summed E-state index contributed by atoms with van der Waals surface area (Å²) in [5.41, 5.74) is 1.74. The Balaban J connectivity index is 1.85. The molecule has 32 heavy (non-hydrogen) atoms. The molecule has 1 unspecified atom stereocenters. The molecule has 0 aliphatic carbocycles. The van der Waals surface area contributed by atoms with Gasteiger partial charge in [-0.25, -0.2) is 4.98 Å². The molecule has 5 rings (SSSR count). The number of aryl methyl sites for hydroxylation is 1. The third kappa shape index (κ3) is 2.98. The van der Waals surface area contributed by atoms with Crippen LogP contribution in [-0.2, 0) is 0 Å². The minimum Gasteiger partial charge on any atom is -0.503 e. The number of aromatic hydroxyl groups is 1. The van der Waals surface area contributed by atoms with E-state index in [1.165, 1.54) is 12.0 Å². The number of fused-ring (bicyclic) bond motifs is 2. The maximum atomic E-state index is 13.6. The van der Waals surface area contributed by atoms with Crippen LogP contribution in [0, 0.1) is 6.92 Å². The maximum absolute atomic E-state index is 13.6. The lowest BCUT2D eigenvalue weighted by molar-refractivity contribution is 0.0970. The fourth-order valence-electron chi connectivity index (χ4n) is 4.04. The van der Waals surface area contributed by atoms with Gasteiger partial charge >= 0.3 is 0 Å². The predicted molar refractivity (Wildman–Crippen MR) is 122 cm³/mol. The second-order valence-corrected chi connectivity index (χ2v) is 8.35. The van der Waals surface area contributed by atoms with E-state index in [-0.39, 0.29) is 28.3 Å². The molecule has 0 spiro atoms. The van der Waals surface area contributed by atoms with Crippen molar-refractivity contribution in [2.75, 3.05) is 12.0 Å². The van der Waals surface area contributed by atoms with Gasteiger partial charge in [0.2, 0.25) is 5.76 Å². The smallest absolute Gasteiger partial charge is 0.296 e. The van der Waals surface area contributed by atoms with Crippen LogP contribution in [0.2, 0.25) is 0 Å². The molecular weight excluding hydrogens is 476 g/mol. The Morgan fingerprint density at radius 2 is 1.97 bits per heavy atom. The zero-order valence-electron chi connectivity index (χ0n) is 17.1. The van der Waals surface area contributed by atoms with E-state index >= 15 is 0 Å². The van der Waals surface area contributed by atoms with E-state index in [0.717, 1.165) is 5.56 Å². The van der Waals surface area contributed by atoms with E-state index < -0.39 is 11.9 Å². The van der Waals surface area contributed by atoms with Crippen molar-refractivity contribution in [2.45, 2.75) is 13.0 Å². The fraction of sp³-hybridized carbons (Fsp3) is 0.125. The number of carbonyl (C=O) groups is 1. The van der Waals surface area contributed by atoms with Gasteiger partial charge in [0.15, 0.2) is 16.9 Å². The number of halogens is 1. The first kappa shape index (κ1) is 20.3. The molecule has 0 saturated heterocycles. The van der Waals surface area contributed by atoms with Gasteiger partial charge in [0.1, 0.15) is 11.4 Å². The van der Waals surface area contributed by atoms with Crippen LogP contribution >= 0.6 is 15.9 Å². The third-order valence-corrected chi connectivity index (χ3v) is 6.11. The molecule has 4 aromatic rings. The summed E-state index contributed by atoms with van der Waals surface area (Å²) < 4.78 is 11.6. The van der Waals surface area contributed by atoms with Crippen molar-refractivity contribution in [3.63, 3.8) is 0 Å². The third-order valence-electron chi connectivity index (χ3n) is 5.51. The summed E-state index contributed by atoms with van der Waals surface area (Å²) in [7, 11) is 1.43. The van der Waals surface area contributed by atoms with Crippen LogP contribution in [0.5, 0.6) is 11.5 Å². The topological polar surface area (TPSA) is 92.9 Å². The number of pyridine rings is 1. The van der Waals surface area contributed by atoms with Crippen molar-refractivity contribution in [1.29, 1.82) is 0 Å². The predicted octanol–water partition coefficient (Wildman–Crippen LogP) is 4.72. The van der Waals surface area contributed by atoms with E-state index in [2.05, 4.69) is 20.9 Å². The lowest BCUT2D eigenvalue weighted by Gasteiger charge is -2.25. The minimum atomic E-state index is -0.820. The summed E-state index contributed by atoms with van der Waals surface area (Å²) in [6.07, 6.45) is 1.57. The molecule has 8 heteroatoms. The van der Waals surface area contributed by atoms with Gasteiger partial charge in [-0.05, 0) is 64.8 Å². The van der Waals surface area contributed by atoms with E-state index in [9.17, 15) is 14.7 Å². The largest absolute Gasteiger partial charge is 0.503 e. The molecule has 0 bridgehead atoms. The first-order chi connectivity index (χ1) is 15.4. The van der Waals surface area contributed by atoms with Crippen LogP contribution in [0.3, 0.4) is 0 Å². The summed E-state index contributed by atoms with van der Waals surface area (Å²) in [6.45, 7) is 1.89. The first-order valence-electron chi connectivity index (χ1n) is 9.79. The number of benzene rings is 2. The minimum absolute atomic E-state index is 0.0230. The number of carbonyl (C=O) groups excluding carboxylic acids is 1. The highest BCUT2D eigenvalue weighted by atomic mass is 79.9. The summed E-state index contributed by atoms with van der Waals surface area (Å²) in [5.74, 6) is 0.0110. The summed E-state index contributed by atoms with van der Waals surface area (Å²) in [5, 5.41) is 10.7. The molecule has 1 aliphatic rings. The lowest BCUT2D eigenvalue weighted by Crippen LogP contribution is -2.30. The number of rotatable bonds is 3. The number of aromatic nitrogens is 1. The van der Waals surface area contributed by atoms with Gasteiger partial charge in [-0.2, -0.15) is 0 Å². The SMILES string of the molecule is COc1cc(C2c3c(oc4ccc(C)cc4c3=O)C(=O)N2c2ccccn2)cc(Br)c1O. The van der Waals surface area contributed by atoms with Gasteiger partial charge in [0.25, 0.3) is 5.91 Å². The van der Waals surface area contributed by atoms with Crippen molar-refractivity contribution < 1.29 is 19.1 Å². The van der Waals surface area contributed by atoms with Crippen LogP contribution in [0.25, 0.3) is 11.0 Å².